The highest BCUT2D eigenvalue weighted by Gasteiger charge is 2.29. The Bertz CT molecular complexity index is 632. The lowest BCUT2D eigenvalue weighted by atomic mass is 9.98. The highest BCUT2D eigenvalue weighted by atomic mass is 32.2. The summed E-state index contributed by atoms with van der Waals surface area (Å²) in [6.45, 7) is 4.93. The van der Waals surface area contributed by atoms with Crippen molar-refractivity contribution in [2.75, 3.05) is 5.75 Å². The van der Waals surface area contributed by atoms with Crippen molar-refractivity contribution in [3.63, 3.8) is 0 Å². The quantitative estimate of drug-likeness (QED) is 0.775. The van der Waals surface area contributed by atoms with Crippen LogP contribution in [0.3, 0.4) is 0 Å². The highest BCUT2D eigenvalue weighted by molar-refractivity contribution is 7.99. The zero-order valence-corrected chi connectivity index (χ0v) is 15.0. The Morgan fingerprint density at radius 3 is 2.87 bits per heavy atom. The number of hydrogen-bond acceptors (Lipinski definition) is 6. The molecule has 2 atom stereocenters. The van der Waals surface area contributed by atoms with Crippen LogP contribution >= 0.6 is 23.1 Å². The van der Waals surface area contributed by atoms with Crippen molar-refractivity contribution in [1.29, 1.82) is 0 Å². The fraction of sp³-hybridized carbons (Fsp3) is 0.600. The number of thioether (sulfide) groups is 1. The summed E-state index contributed by atoms with van der Waals surface area (Å²) < 4.78 is 1.76. The number of rotatable bonds is 5. The van der Waals surface area contributed by atoms with Gasteiger partial charge in [0.2, 0.25) is 11.1 Å². The van der Waals surface area contributed by atoms with Crippen molar-refractivity contribution in [2.45, 2.75) is 56.9 Å². The molecular weight excluding hydrogens is 330 g/mol. The van der Waals surface area contributed by atoms with Crippen LogP contribution in [0.4, 0.5) is 0 Å². The summed E-state index contributed by atoms with van der Waals surface area (Å²) in [5.74, 6) is 0.569. The molecule has 0 radical (unpaired) electrons. The summed E-state index contributed by atoms with van der Waals surface area (Å²) in [4.78, 5) is 15.8. The number of hydrogen-bond donors (Lipinski definition) is 0. The van der Waals surface area contributed by atoms with Crippen molar-refractivity contribution in [1.82, 2.24) is 25.1 Å². The Hall–Kier alpha value is -1.41. The molecule has 0 spiro atoms. The molecule has 0 saturated carbocycles. The molecule has 0 aliphatic carbocycles. The minimum Gasteiger partial charge on any atom is -0.337 e. The first-order valence-electron chi connectivity index (χ1n) is 7.87. The van der Waals surface area contributed by atoms with E-state index in [1.54, 1.807) is 16.0 Å². The van der Waals surface area contributed by atoms with Gasteiger partial charge >= 0.3 is 0 Å². The van der Waals surface area contributed by atoms with Crippen LogP contribution in [0.5, 0.6) is 0 Å². The normalized spacial score (nSPS) is 21.6. The average Bonchev–Trinajstić information content (AvgIpc) is 3.17. The van der Waals surface area contributed by atoms with Crippen LogP contribution in [0.2, 0.25) is 0 Å². The zero-order chi connectivity index (χ0) is 16.2. The van der Waals surface area contributed by atoms with Gasteiger partial charge in [-0.3, -0.25) is 4.79 Å². The Kier molecular flexibility index (Phi) is 5.32. The van der Waals surface area contributed by atoms with Gasteiger partial charge in [0.15, 0.2) is 0 Å². The van der Waals surface area contributed by atoms with Crippen molar-refractivity contribution < 1.29 is 4.79 Å². The van der Waals surface area contributed by atoms with Gasteiger partial charge in [0.25, 0.3) is 0 Å². The van der Waals surface area contributed by atoms with E-state index in [0.29, 0.717) is 29.5 Å². The van der Waals surface area contributed by atoms with Crippen LogP contribution in [0, 0.1) is 0 Å². The second-order valence-electron chi connectivity index (χ2n) is 5.92. The molecule has 1 saturated heterocycles. The Balaban J connectivity index is 1.60. The van der Waals surface area contributed by atoms with E-state index in [9.17, 15) is 4.79 Å². The molecule has 0 unspecified atom stereocenters. The van der Waals surface area contributed by atoms with Gasteiger partial charge < -0.3 is 4.90 Å². The van der Waals surface area contributed by atoms with Gasteiger partial charge in [0, 0.05) is 17.0 Å². The SMILES string of the molecule is C[C@@H]1CCC[C@@H](C)N1C(=O)CSc1nnnn1Cc1cccs1. The number of piperidine rings is 1. The molecule has 3 heterocycles. The number of tetrazole rings is 1. The molecule has 0 bridgehead atoms. The van der Waals surface area contributed by atoms with Gasteiger partial charge in [0.1, 0.15) is 0 Å². The van der Waals surface area contributed by atoms with Gasteiger partial charge in [-0.25, -0.2) is 4.68 Å². The minimum atomic E-state index is 0.181. The monoisotopic (exact) mass is 351 g/mol. The summed E-state index contributed by atoms with van der Waals surface area (Å²) in [6.07, 6.45) is 3.39. The molecule has 2 aromatic heterocycles. The first-order chi connectivity index (χ1) is 11.1. The number of thiophene rings is 1. The third kappa shape index (κ3) is 3.92. The molecular formula is C15H21N5OS2. The molecule has 0 N–H and O–H groups in total. The van der Waals surface area contributed by atoms with E-state index in [0.717, 1.165) is 12.8 Å². The first-order valence-corrected chi connectivity index (χ1v) is 9.74. The summed E-state index contributed by atoms with van der Waals surface area (Å²) in [5.41, 5.74) is 0. The molecule has 6 nitrogen and oxygen atoms in total. The van der Waals surface area contributed by atoms with E-state index in [2.05, 4.69) is 35.4 Å². The maximum absolute atomic E-state index is 12.6. The van der Waals surface area contributed by atoms with Gasteiger partial charge in [0.05, 0.1) is 12.3 Å². The number of carbonyl (C=O) groups excluding carboxylic acids is 1. The number of likely N-dealkylation sites (tertiary alicyclic amines) is 1. The highest BCUT2D eigenvalue weighted by Crippen LogP contribution is 2.25. The third-order valence-corrected chi connectivity index (χ3v) is 5.99. The molecule has 3 rings (SSSR count). The van der Waals surface area contributed by atoms with Crippen molar-refractivity contribution >= 4 is 29.0 Å². The summed E-state index contributed by atoms with van der Waals surface area (Å²) in [6, 6.07) is 4.73. The van der Waals surface area contributed by atoms with Crippen molar-refractivity contribution in [3.05, 3.63) is 22.4 Å². The smallest absolute Gasteiger partial charge is 0.233 e. The van der Waals surface area contributed by atoms with Crippen LogP contribution in [0.15, 0.2) is 22.7 Å². The second kappa shape index (κ2) is 7.44. The Morgan fingerprint density at radius 1 is 1.39 bits per heavy atom. The predicted octanol–water partition coefficient (Wildman–Crippen LogP) is 2.66. The maximum atomic E-state index is 12.6. The van der Waals surface area contributed by atoms with E-state index >= 15 is 0 Å². The number of nitrogens with zero attached hydrogens (tertiary/aromatic N) is 5. The Labute approximate surface area is 144 Å². The van der Waals surface area contributed by atoms with Crippen LogP contribution in [-0.2, 0) is 11.3 Å². The number of aromatic nitrogens is 4. The van der Waals surface area contributed by atoms with E-state index in [4.69, 9.17) is 0 Å². The van der Waals surface area contributed by atoms with Crippen molar-refractivity contribution in [2.24, 2.45) is 0 Å². The summed E-state index contributed by atoms with van der Waals surface area (Å²) in [5, 5.41) is 14.6. The maximum Gasteiger partial charge on any atom is 0.233 e. The number of amides is 1. The molecule has 23 heavy (non-hydrogen) atoms. The molecule has 1 aliphatic rings. The van der Waals surface area contributed by atoms with E-state index in [-0.39, 0.29) is 5.91 Å². The zero-order valence-electron chi connectivity index (χ0n) is 13.4. The lowest BCUT2D eigenvalue weighted by Gasteiger charge is -2.39. The van der Waals surface area contributed by atoms with Crippen LogP contribution in [-0.4, -0.2) is 48.9 Å². The Morgan fingerprint density at radius 2 is 2.17 bits per heavy atom. The lowest BCUT2D eigenvalue weighted by molar-refractivity contribution is -0.134. The molecule has 8 heteroatoms. The molecule has 1 aliphatic heterocycles. The van der Waals surface area contributed by atoms with Gasteiger partial charge in [-0.05, 0) is 55.0 Å². The molecule has 0 aromatic carbocycles. The fourth-order valence-electron chi connectivity index (χ4n) is 3.06. The molecule has 2 aromatic rings. The van der Waals surface area contributed by atoms with Gasteiger partial charge in [-0.1, -0.05) is 17.8 Å². The van der Waals surface area contributed by atoms with Crippen LogP contribution < -0.4 is 0 Å². The average molecular weight is 352 g/mol. The van der Waals surface area contributed by atoms with E-state index in [1.165, 1.54) is 23.1 Å². The number of carbonyl (C=O) groups is 1. The summed E-state index contributed by atoms with van der Waals surface area (Å²) >= 11 is 3.10. The molecule has 1 fully saturated rings. The standard InChI is InChI=1S/C15H21N5OS2/c1-11-5-3-6-12(2)20(11)14(21)10-23-15-16-17-18-19(15)9-13-7-4-8-22-13/h4,7-8,11-12H,3,5-6,9-10H2,1-2H3/t11-,12-/m1/s1. The minimum absolute atomic E-state index is 0.181. The van der Waals surface area contributed by atoms with Crippen LogP contribution in [0.25, 0.3) is 0 Å². The summed E-state index contributed by atoms with van der Waals surface area (Å²) in [7, 11) is 0. The molecule has 124 valence electrons. The second-order valence-corrected chi connectivity index (χ2v) is 7.89. The van der Waals surface area contributed by atoms with E-state index in [1.807, 2.05) is 16.3 Å². The van der Waals surface area contributed by atoms with Gasteiger partial charge in [-0.2, -0.15) is 0 Å². The van der Waals surface area contributed by atoms with Crippen molar-refractivity contribution in [3.8, 4) is 0 Å². The fourth-order valence-corrected chi connectivity index (χ4v) is 4.49. The van der Waals surface area contributed by atoms with Gasteiger partial charge in [-0.15, -0.1) is 16.4 Å². The first kappa shape index (κ1) is 16.4. The predicted molar refractivity (Wildman–Crippen MR) is 91.6 cm³/mol. The van der Waals surface area contributed by atoms with E-state index < -0.39 is 0 Å². The third-order valence-electron chi connectivity index (χ3n) is 4.19. The molecule has 1 amide bonds. The largest absolute Gasteiger partial charge is 0.337 e. The topological polar surface area (TPSA) is 63.9 Å². The van der Waals surface area contributed by atoms with Crippen LogP contribution in [0.1, 0.15) is 38.0 Å². The lowest BCUT2D eigenvalue weighted by Crippen LogP contribution is -2.48.